The van der Waals surface area contributed by atoms with Crippen LogP contribution >= 0.6 is 0 Å². The van der Waals surface area contributed by atoms with Crippen LogP contribution in [0.15, 0.2) is 59.1 Å². The predicted molar refractivity (Wildman–Crippen MR) is 122 cm³/mol. The molecule has 0 aliphatic carbocycles. The maximum Gasteiger partial charge on any atom is 0.246 e. The van der Waals surface area contributed by atoms with E-state index in [0.29, 0.717) is 43.8 Å². The number of hydrogen-bond acceptors (Lipinski definition) is 6. The monoisotopic (exact) mass is 448 g/mol. The van der Waals surface area contributed by atoms with Gasteiger partial charge in [-0.25, -0.2) is 0 Å². The Balaban J connectivity index is 1.36. The largest absolute Gasteiger partial charge is 0.497 e. The summed E-state index contributed by atoms with van der Waals surface area (Å²) >= 11 is 0. The number of carbonyl (C=O) groups is 2. The number of aromatic nitrogens is 2. The van der Waals surface area contributed by atoms with Gasteiger partial charge in [-0.15, -0.1) is 0 Å². The second kappa shape index (κ2) is 9.85. The molecule has 1 saturated heterocycles. The molecule has 2 aromatic carbocycles. The van der Waals surface area contributed by atoms with Crippen LogP contribution < -0.4 is 10.1 Å². The average Bonchev–Trinajstić information content (AvgIpc) is 3.45. The molecule has 1 aliphatic heterocycles. The van der Waals surface area contributed by atoms with Crippen LogP contribution in [-0.4, -0.2) is 46.6 Å². The Bertz CT molecular complexity index is 1100. The Hall–Kier alpha value is -3.68. The van der Waals surface area contributed by atoms with Crippen molar-refractivity contribution >= 4 is 11.8 Å². The van der Waals surface area contributed by atoms with E-state index in [4.69, 9.17) is 9.26 Å². The fraction of sp³-hybridized carbons (Fsp3) is 0.360. The van der Waals surface area contributed by atoms with Crippen molar-refractivity contribution in [3.63, 3.8) is 0 Å². The molecule has 0 saturated carbocycles. The van der Waals surface area contributed by atoms with Gasteiger partial charge in [-0.05, 0) is 37.0 Å². The fourth-order valence-electron chi connectivity index (χ4n) is 4.17. The zero-order chi connectivity index (χ0) is 23.3. The molecule has 0 radical (unpaired) electrons. The molecule has 1 aliphatic rings. The maximum absolute atomic E-state index is 12.8. The summed E-state index contributed by atoms with van der Waals surface area (Å²) in [6, 6.07) is 17.4. The molecule has 1 atom stereocenters. The number of hydrogen-bond donors (Lipinski definition) is 1. The van der Waals surface area contributed by atoms with Gasteiger partial charge in [-0.1, -0.05) is 47.6 Å². The number of amides is 2. The van der Waals surface area contributed by atoms with E-state index in [9.17, 15) is 9.59 Å². The van der Waals surface area contributed by atoms with Crippen molar-refractivity contribution < 1.29 is 18.8 Å². The lowest BCUT2D eigenvalue weighted by molar-refractivity contribution is -0.131. The van der Waals surface area contributed by atoms with Gasteiger partial charge in [0.25, 0.3) is 0 Å². The number of benzene rings is 2. The van der Waals surface area contributed by atoms with Gasteiger partial charge in [0.05, 0.1) is 13.7 Å². The van der Waals surface area contributed by atoms with Crippen molar-refractivity contribution in [2.45, 2.75) is 44.2 Å². The van der Waals surface area contributed by atoms with Crippen molar-refractivity contribution in [2.24, 2.45) is 0 Å². The minimum absolute atomic E-state index is 0.0311. The lowest BCUT2D eigenvalue weighted by Crippen LogP contribution is -2.44. The van der Waals surface area contributed by atoms with Gasteiger partial charge < -0.3 is 19.5 Å². The molecule has 3 aromatic rings. The van der Waals surface area contributed by atoms with Crippen LogP contribution in [0, 0.1) is 0 Å². The first kappa shape index (κ1) is 22.5. The van der Waals surface area contributed by atoms with Crippen molar-refractivity contribution in [2.75, 3.05) is 14.2 Å². The summed E-state index contributed by atoms with van der Waals surface area (Å²) in [6.07, 6.45) is 2.73. The second-order valence-corrected chi connectivity index (χ2v) is 8.48. The normalized spacial score (nSPS) is 17.6. The van der Waals surface area contributed by atoms with Crippen molar-refractivity contribution in [1.82, 2.24) is 20.4 Å². The molecular weight excluding hydrogens is 420 g/mol. The summed E-state index contributed by atoms with van der Waals surface area (Å²) < 4.78 is 10.6. The third-order valence-corrected chi connectivity index (χ3v) is 6.05. The molecule has 1 N–H and O–H groups in total. The molecule has 0 bridgehead atoms. The Labute approximate surface area is 192 Å². The highest BCUT2D eigenvalue weighted by Crippen LogP contribution is 2.30. The Morgan fingerprint density at radius 1 is 1.18 bits per heavy atom. The molecular formula is C25H28N4O4. The minimum Gasteiger partial charge on any atom is -0.497 e. The average molecular weight is 449 g/mol. The molecule has 4 rings (SSSR count). The van der Waals surface area contributed by atoms with E-state index in [1.54, 1.807) is 19.1 Å². The summed E-state index contributed by atoms with van der Waals surface area (Å²) in [4.78, 5) is 30.9. The number of carbonyl (C=O) groups excluding carboxylic acids is 2. The van der Waals surface area contributed by atoms with Gasteiger partial charge in [-0.3, -0.25) is 9.59 Å². The van der Waals surface area contributed by atoms with E-state index in [-0.39, 0.29) is 18.4 Å². The Morgan fingerprint density at radius 2 is 1.94 bits per heavy atom. The number of rotatable bonds is 9. The molecule has 1 fully saturated rings. The van der Waals surface area contributed by atoms with Crippen LogP contribution in [-0.2, 0) is 22.6 Å². The van der Waals surface area contributed by atoms with Crippen LogP contribution in [0.2, 0.25) is 0 Å². The molecule has 0 unspecified atom stereocenters. The standard InChI is InChI=1S/C25H28N4O4/c1-29(17-22-26-24(28-33-22)19-6-4-3-5-7-19)23(31)13-15-25(14-12-21(30)27-25)16-18-8-10-20(32-2)11-9-18/h3-11H,12-17H2,1-2H3,(H,27,30)/t25-/m0/s1. The van der Waals surface area contributed by atoms with Gasteiger partial charge in [0.1, 0.15) is 5.75 Å². The molecule has 2 amide bonds. The van der Waals surface area contributed by atoms with Gasteiger partial charge in [0, 0.05) is 31.0 Å². The first-order valence-corrected chi connectivity index (χ1v) is 11.0. The topological polar surface area (TPSA) is 97.6 Å². The summed E-state index contributed by atoms with van der Waals surface area (Å²) in [5.74, 6) is 1.66. The molecule has 33 heavy (non-hydrogen) atoms. The Kier molecular flexibility index (Phi) is 6.72. The SMILES string of the molecule is COc1ccc(C[C@@]2(CCC(=O)N(C)Cc3nc(-c4ccccc4)no3)CCC(=O)N2)cc1. The van der Waals surface area contributed by atoms with Crippen molar-refractivity contribution in [1.29, 1.82) is 0 Å². The van der Waals surface area contributed by atoms with E-state index in [1.165, 1.54) is 0 Å². The Morgan fingerprint density at radius 3 is 2.61 bits per heavy atom. The van der Waals surface area contributed by atoms with Crippen LogP contribution in [0.5, 0.6) is 5.75 Å². The number of nitrogens with zero attached hydrogens (tertiary/aromatic N) is 3. The molecule has 1 aromatic heterocycles. The molecule has 2 heterocycles. The zero-order valence-electron chi connectivity index (χ0n) is 18.9. The third kappa shape index (κ3) is 5.58. The highest BCUT2D eigenvalue weighted by Gasteiger charge is 2.38. The van der Waals surface area contributed by atoms with E-state index in [2.05, 4.69) is 15.5 Å². The number of nitrogens with one attached hydrogen (secondary N) is 1. The summed E-state index contributed by atoms with van der Waals surface area (Å²) in [7, 11) is 3.35. The van der Waals surface area contributed by atoms with Crippen LogP contribution in [0.25, 0.3) is 11.4 Å². The van der Waals surface area contributed by atoms with Crippen molar-refractivity contribution in [3.05, 3.63) is 66.1 Å². The van der Waals surface area contributed by atoms with Crippen LogP contribution in [0.4, 0.5) is 0 Å². The molecule has 8 heteroatoms. The third-order valence-electron chi connectivity index (χ3n) is 6.05. The first-order chi connectivity index (χ1) is 16.0. The minimum atomic E-state index is -0.423. The second-order valence-electron chi connectivity index (χ2n) is 8.48. The lowest BCUT2D eigenvalue weighted by Gasteiger charge is -2.30. The van der Waals surface area contributed by atoms with E-state index in [0.717, 1.165) is 16.9 Å². The zero-order valence-corrected chi connectivity index (χ0v) is 18.9. The number of ether oxygens (including phenoxy) is 1. The summed E-state index contributed by atoms with van der Waals surface area (Å²) in [5.41, 5.74) is 1.53. The van der Waals surface area contributed by atoms with E-state index in [1.807, 2.05) is 54.6 Å². The molecule has 0 spiro atoms. The van der Waals surface area contributed by atoms with E-state index < -0.39 is 5.54 Å². The molecule has 172 valence electrons. The van der Waals surface area contributed by atoms with E-state index >= 15 is 0 Å². The first-order valence-electron chi connectivity index (χ1n) is 11.0. The number of methoxy groups -OCH3 is 1. The highest BCUT2D eigenvalue weighted by atomic mass is 16.5. The van der Waals surface area contributed by atoms with Crippen LogP contribution in [0.3, 0.4) is 0 Å². The highest BCUT2D eigenvalue weighted by molar-refractivity contribution is 5.80. The summed E-state index contributed by atoms with van der Waals surface area (Å²) in [6.45, 7) is 0.233. The van der Waals surface area contributed by atoms with Gasteiger partial charge in [0.15, 0.2) is 0 Å². The van der Waals surface area contributed by atoms with Gasteiger partial charge in [0.2, 0.25) is 23.5 Å². The quantitative estimate of drug-likeness (QED) is 0.539. The predicted octanol–water partition coefficient (Wildman–Crippen LogP) is 3.38. The van der Waals surface area contributed by atoms with Gasteiger partial charge >= 0.3 is 0 Å². The lowest BCUT2D eigenvalue weighted by atomic mass is 9.85. The maximum atomic E-state index is 12.8. The van der Waals surface area contributed by atoms with Crippen molar-refractivity contribution in [3.8, 4) is 17.1 Å². The summed E-state index contributed by atoms with van der Waals surface area (Å²) in [5, 5.41) is 7.13. The smallest absolute Gasteiger partial charge is 0.246 e. The van der Waals surface area contributed by atoms with Gasteiger partial charge in [-0.2, -0.15) is 4.98 Å². The molecule has 8 nitrogen and oxygen atoms in total. The fourth-order valence-corrected chi connectivity index (χ4v) is 4.17. The van der Waals surface area contributed by atoms with Crippen LogP contribution in [0.1, 0.15) is 37.1 Å².